The van der Waals surface area contributed by atoms with Gasteiger partial charge in [0.15, 0.2) is 0 Å². The van der Waals surface area contributed by atoms with Crippen LogP contribution in [0.15, 0.2) is 52.2 Å². The Morgan fingerprint density at radius 2 is 1.92 bits per heavy atom. The van der Waals surface area contributed by atoms with Crippen molar-refractivity contribution >= 4 is 18.1 Å². The SMILES string of the molecule is CCC1CN2C=NC(N3CCN(C(=O)c4ccccc4)CC3)=CC2=N1. The van der Waals surface area contributed by atoms with E-state index >= 15 is 0 Å². The van der Waals surface area contributed by atoms with E-state index in [2.05, 4.69) is 27.8 Å². The average molecular weight is 337 g/mol. The minimum absolute atomic E-state index is 0.110. The van der Waals surface area contributed by atoms with Crippen LogP contribution in [0.5, 0.6) is 0 Å². The van der Waals surface area contributed by atoms with Crippen LogP contribution in [0.3, 0.4) is 0 Å². The van der Waals surface area contributed by atoms with E-state index in [0.29, 0.717) is 19.1 Å². The molecule has 25 heavy (non-hydrogen) atoms. The summed E-state index contributed by atoms with van der Waals surface area (Å²) >= 11 is 0. The van der Waals surface area contributed by atoms with Crippen molar-refractivity contribution in [3.05, 3.63) is 47.8 Å². The highest BCUT2D eigenvalue weighted by molar-refractivity contribution is 6.03. The molecule has 0 bridgehead atoms. The lowest BCUT2D eigenvalue weighted by Gasteiger charge is -2.36. The summed E-state index contributed by atoms with van der Waals surface area (Å²) in [5.41, 5.74) is 0.757. The van der Waals surface area contributed by atoms with Gasteiger partial charge in [-0.15, -0.1) is 0 Å². The Labute approximate surface area is 148 Å². The molecule has 3 heterocycles. The van der Waals surface area contributed by atoms with Gasteiger partial charge < -0.3 is 14.7 Å². The second kappa shape index (κ2) is 6.70. The lowest BCUT2D eigenvalue weighted by Crippen LogP contribution is -2.48. The second-order valence-corrected chi connectivity index (χ2v) is 6.59. The molecule has 0 radical (unpaired) electrons. The number of hydrogen-bond donors (Lipinski definition) is 0. The normalized spacial score (nSPS) is 22.6. The van der Waals surface area contributed by atoms with Crippen LogP contribution in [0.2, 0.25) is 0 Å². The van der Waals surface area contributed by atoms with Crippen molar-refractivity contribution in [2.75, 3.05) is 32.7 Å². The number of amidine groups is 1. The zero-order valence-corrected chi connectivity index (χ0v) is 14.5. The van der Waals surface area contributed by atoms with Crippen LogP contribution >= 0.6 is 0 Å². The first-order valence-corrected chi connectivity index (χ1v) is 8.94. The maximum atomic E-state index is 12.5. The molecule has 0 aliphatic carbocycles. The number of benzene rings is 1. The lowest BCUT2D eigenvalue weighted by atomic mass is 10.2. The van der Waals surface area contributed by atoms with E-state index in [-0.39, 0.29) is 5.91 Å². The summed E-state index contributed by atoms with van der Waals surface area (Å²) in [6.07, 6.45) is 5.02. The molecule has 1 saturated heterocycles. The van der Waals surface area contributed by atoms with E-state index in [0.717, 1.165) is 43.3 Å². The summed E-state index contributed by atoms with van der Waals surface area (Å²) in [7, 11) is 0. The number of carbonyl (C=O) groups excluding carboxylic acids is 1. The van der Waals surface area contributed by atoms with Gasteiger partial charge in [0, 0.05) is 44.4 Å². The first-order chi connectivity index (χ1) is 12.2. The van der Waals surface area contributed by atoms with E-state index in [4.69, 9.17) is 4.99 Å². The first-order valence-electron chi connectivity index (χ1n) is 8.94. The number of piperazine rings is 1. The van der Waals surface area contributed by atoms with Crippen molar-refractivity contribution in [3.8, 4) is 0 Å². The molecule has 1 aromatic carbocycles. The zero-order chi connectivity index (χ0) is 17.2. The van der Waals surface area contributed by atoms with Crippen molar-refractivity contribution in [3.63, 3.8) is 0 Å². The first kappa shape index (κ1) is 15.9. The molecule has 0 N–H and O–H groups in total. The average Bonchev–Trinajstić information content (AvgIpc) is 3.10. The van der Waals surface area contributed by atoms with Crippen LogP contribution in [0.4, 0.5) is 0 Å². The number of aliphatic imine (C=N–C) groups is 2. The summed E-state index contributed by atoms with van der Waals surface area (Å²) in [5, 5.41) is 0. The Bertz CT molecular complexity index is 731. The van der Waals surface area contributed by atoms with Gasteiger partial charge in [0.2, 0.25) is 0 Å². The molecule has 130 valence electrons. The molecule has 0 saturated carbocycles. The molecular formula is C19H23N5O. The predicted octanol–water partition coefficient (Wildman–Crippen LogP) is 1.82. The third kappa shape index (κ3) is 3.16. The van der Waals surface area contributed by atoms with Gasteiger partial charge in [-0.2, -0.15) is 0 Å². The molecule has 1 fully saturated rings. The number of amides is 1. The smallest absolute Gasteiger partial charge is 0.253 e. The molecule has 4 rings (SSSR count). The number of fused-ring (bicyclic) bond motifs is 1. The molecule has 0 spiro atoms. The molecule has 6 heteroatoms. The van der Waals surface area contributed by atoms with Gasteiger partial charge >= 0.3 is 0 Å². The number of carbonyl (C=O) groups is 1. The van der Waals surface area contributed by atoms with Gasteiger partial charge in [0.1, 0.15) is 11.7 Å². The van der Waals surface area contributed by atoms with Gasteiger partial charge in [-0.3, -0.25) is 9.79 Å². The van der Waals surface area contributed by atoms with Crippen molar-refractivity contribution in [1.29, 1.82) is 0 Å². The molecule has 1 aromatic rings. The minimum Gasteiger partial charge on any atom is -0.353 e. The van der Waals surface area contributed by atoms with E-state index < -0.39 is 0 Å². The van der Waals surface area contributed by atoms with Gasteiger partial charge in [0.05, 0.1) is 12.4 Å². The second-order valence-electron chi connectivity index (χ2n) is 6.59. The maximum Gasteiger partial charge on any atom is 0.253 e. The summed E-state index contributed by atoms with van der Waals surface area (Å²) < 4.78 is 0. The van der Waals surface area contributed by atoms with Gasteiger partial charge in [-0.05, 0) is 18.6 Å². The van der Waals surface area contributed by atoms with Crippen LogP contribution in [0.25, 0.3) is 0 Å². The predicted molar refractivity (Wildman–Crippen MR) is 98.7 cm³/mol. The summed E-state index contributed by atoms with van der Waals surface area (Å²) in [4.78, 5) is 28.2. The van der Waals surface area contributed by atoms with Crippen LogP contribution in [-0.2, 0) is 0 Å². The molecule has 1 amide bonds. The van der Waals surface area contributed by atoms with E-state index in [1.807, 2.05) is 41.6 Å². The Hall–Kier alpha value is -2.63. The summed E-state index contributed by atoms with van der Waals surface area (Å²) in [6.45, 7) is 6.12. The molecule has 3 aliphatic heterocycles. The minimum atomic E-state index is 0.110. The van der Waals surface area contributed by atoms with Crippen LogP contribution in [0, 0.1) is 0 Å². The fraction of sp³-hybridized carbons (Fsp3) is 0.421. The summed E-state index contributed by atoms with van der Waals surface area (Å²) in [6, 6.07) is 9.86. The Morgan fingerprint density at radius 1 is 1.16 bits per heavy atom. The fourth-order valence-corrected chi connectivity index (χ4v) is 3.43. The molecular weight excluding hydrogens is 314 g/mol. The highest BCUT2D eigenvalue weighted by atomic mass is 16.2. The maximum absolute atomic E-state index is 12.5. The highest BCUT2D eigenvalue weighted by Gasteiger charge is 2.28. The van der Waals surface area contributed by atoms with E-state index in [1.165, 1.54) is 0 Å². The molecule has 3 aliphatic rings. The third-order valence-electron chi connectivity index (χ3n) is 4.99. The van der Waals surface area contributed by atoms with Crippen molar-refractivity contribution < 1.29 is 4.79 Å². The lowest BCUT2D eigenvalue weighted by molar-refractivity contribution is 0.0668. The topological polar surface area (TPSA) is 51.5 Å². The molecule has 1 unspecified atom stereocenters. The Morgan fingerprint density at radius 3 is 2.64 bits per heavy atom. The number of nitrogens with zero attached hydrogens (tertiary/aromatic N) is 5. The van der Waals surface area contributed by atoms with Crippen molar-refractivity contribution in [2.24, 2.45) is 9.98 Å². The summed E-state index contributed by atoms with van der Waals surface area (Å²) in [5.74, 6) is 2.08. The van der Waals surface area contributed by atoms with Gasteiger partial charge in [-0.1, -0.05) is 25.1 Å². The Kier molecular flexibility index (Phi) is 4.26. The third-order valence-corrected chi connectivity index (χ3v) is 4.99. The fourth-order valence-electron chi connectivity index (χ4n) is 3.43. The zero-order valence-electron chi connectivity index (χ0n) is 14.5. The quantitative estimate of drug-likeness (QED) is 0.845. The largest absolute Gasteiger partial charge is 0.353 e. The Balaban J connectivity index is 1.39. The van der Waals surface area contributed by atoms with Crippen molar-refractivity contribution in [1.82, 2.24) is 14.7 Å². The van der Waals surface area contributed by atoms with Crippen LogP contribution in [0.1, 0.15) is 23.7 Å². The van der Waals surface area contributed by atoms with Crippen LogP contribution in [-0.4, -0.2) is 71.5 Å². The van der Waals surface area contributed by atoms with E-state index in [9.17, 15) is 4.79 Å². The number of rotatable bonds is 3. The molecule has 1 atom stereocenters. The molecule has 6 nitrogen and oxygen atoms in total. The monoisotopic (exact) mass is 337 g/mol. The molecule has 0 aromatic heterocycles. The number of hydrogen-bond acceptors (Lipinski definition) is 5. The standard InChI is InChI=1S/C19H23N5O/c1-2-16-13-24-14-20-17(12-18(24)21-16)22-8-10-23(11-9-22)19(25)15-6-4-3-5-7-15/h3-7,12,14,16H,2,8-11,13H2,1H3. The van der Waals surface area contributed by atoms with Gasteiger partial charge in [0.25, 0.3) is 5.91 Å². The highest BCUT2D eigenvalue weighted by Crippen LogP contribution is 2.20. The van der Waals surface area contributed by atoms with Crippen LogP contribution < -0.4 is 0 Å². The van der Waals surface area contributed by atoms with Crippen molar-refractivity contribution in [2.45, 2.75) is 19.4 Å². The van der Waals surface area contributed by atoms with Gasteiger partial charge in [-0.25, -0.2) is 4.99 Å². The van der Waals surface area contributed by atoms with E-state index in [1.54, 1.807) is 0 Å².